The van der Waals surface area contributed by atoms with Gasteiger partial charge in [-0.3, -0.25) is 4.79 Å². The Labute approximate surface area is 111 Å². The number of ether oxygens (including phenoxy) is 1. The third-order valence-corrected chi connectivity index (χ3v) is 3.52. The summed E-state index contributed by atoms with van der Waals surface area (Å²) in [4.78, 5) is 23.0. The van der Waals surface area contributed by atoms with Gasteiger partial charge in [0.25, 0.3) is 0 Å². The van der Waals surface area contributed by atoms with Crippen molar-refractivity contribution in [2.45, 2.75) is 31.7 Å². The first kappa shape index (κ1) is 13.4. The van der Waals surface area contributed by atoms with E-state index in [2.05, 4.69) is 5.32 Å². The summed E-state index contributed by atoms with van der Waals surface area (Å²) in [6.07, 6.45) is 1.91. The molecule has 0 aliphatic heterocycles. The third kappa shape index (κ3) is 2.28. The molecule has 19 heavy (non-hydrogen) atoms. The van der Waals surface area contributed by atoms with E-state index in [1.807, 2.05) is 6.07 Å². The van der Waals surface area contributed by atoms with Gasteiger partial charge in [0.05, 0.1) is 7.11 Å². The second-order valence-corrected chi connectivity index (χ2v) is 4.77. The maximum absolute atomic E-state index is 11.7. The molecule has 1 amide bonds. The van der Waals surface area contributed by atoms with Crippen LogP contribution in [-0.4, -0.2) is 24.1 Å². The molecule has 1 aromatic rings. The minimum Gasteiger partial charge on any atom is -0.497 e. The topological polar surface area (TPSA) is 75.6 Å². The Bertz CT molecular complexity index is 526. The molecule has 0 radical (unpaired) electrons. The van der Waals surface area contributed by atoms with Gasteiger partial charge in [-0.05, 0) is 42.5 Å². The van der Waals surface area contributed by atoms with Crippen LogP contribution in [0.3, 0.4) is 0 Å². The maximum Gasteiger partial charge on any atom is 0.334 e. The number of carbonyl (C=O) groups is 2. The lowest BCUT2D eigenvalue weighted by atomic mass is 9.76. The summed E-state index contributed by atoms with van der Waals surface area (Å²) >= 11 is 0. The Morgan fingerprint density at radius 3 is 2.74 bits per heavy atom. The number of carboxylic acids is 1. The minimum absolute atomic E-state index is 0.342. The average molecular weight is 263 g/mol. The lowest BCUT2D eigenvalue weighted by Gasteiger charge is -2.36. The number of hydrogen-bond donors (Lipinski definition) is 2. The number of benzene rings is 1. The van der Waals surface area contributed by atoms with Crippen molar-refractivity contribution < 1.29 is 19.4 Å². The summed E-state index contributed by atoms with van der Waals surface area (Å²) in [5, 5.41) is 12.2. The van der Waals surface area contributed by atoms with Crippen molar-refractivity contribution in [3.05, 3.63) is 29.3 Å². The number of nitrogens with one attached hydrogen (secondary N) is 1. The Kier molecular flexibility index (Phi) is 3.46. The zero-order valence-corrected chi connectivity index (χ0v) is 11.0. The molecule has 2 N–H and O–H groups in total. The number of fused-ring (bicyclic) bond motifs is 1. The fourth-order valence-corrected chi connectivity index (χ4v) is 2.70. The van der Waals surface area contributed by atoms with Gasteiger partial charge in [-0.1, -0.05) is 6.07 Å². The van der Waals surface area contributed by atoms with E-state index in [9.17, 15) is 14.7 Å². The van der Waals surface area contributed by atoms with Gasteiger partial charge in [-0.2, -0.15) is 0 Å². The van der Waals surface area contributed by atoms with E-state index in [4.69, 9.17) is 4.74 Å². The summed E-state index contributed by atoms with van der Waals surface area (Å²) in [5.41, 5.74) is 0.259. The predicted molar refractivity (Wildman–Crippen MR) is 69.1 cm³/mol. The highest BCUT2D eigenvalue weighted by molar-refractivity contribution is 5.88. The molecule has 1 aliphatic rings. The van der Waals surface area contributed by atoms with Crippen molar-refractivity contribution in [1.82, 2.24) is 5.32 Å². The van der Waals surface area contributed by atoms with Crippen LogP contribution in [0.4, 0.5) is 0 Å². The summed E-state index contributed by atoms with van der Waals surface area (Å²) < 4.78 is 5.16. The van der Waals surface area contributed by atoms with Gasteiger partial charge in [-0.25, -0.2) is 4.79 Å². The Morgan fingerprint density at radius 2 is 2.16 bits per heavy atom. The number of methoxy groups -OCH3 is 1. The Morgan fingerprint density at radius 1 is 1.42 bits per heavy atom. The standard InChI is InChI=1S/C14H17NO4/c1-9(16)15-14(13(17)18)7-3-4-10-8-11(19-2)5-6-12(10)14/h5-6,8H,3-4,7H2,1-2H3,(H,15,16)(H,17,18). The summed E-state index contributed by atoms with van der Waals surface area (Å²) in [7, 11) is 1.57. The lowest BCUT2D eigenvalue weighted by Crippen LogP contribution is -2.53. The highest BCUT2D eigenvalue weighted by Gasteiger charge is 2.44. The number of amides is 1. The molecule has 102 valence electrons. The molecule has 0 spiro atoms. The van der Waals surface area contributed by atoms with Gasteiger partial charge in [0.15, 0.2) is 5.54 Å². The number of hydrogen-bond acceptors (Lipinski definition) is 3. The molecule has 1 atom stereocenters. The van der Waals surface area contributed by atoms with Crippen LogP contribution >= 0.6 is 0 Å². The van der Waals surface area contributed by atoms with E-state index in [-0.39, 0.29) is 5.91 Å². The molecular weight excluding hydrogens is 246 g/mol. The molecule has 5 heteroatoms. The van der Waals surface area contributed by atoms with Crippen molar-refractivity contribution >= 4 is 11.9 Å². The first-order valence-corrected chi connectivity index (χ1v) is 6.19. The Hall–Kier alpha value is -2.04. The number of aryl methyl sites for hydroxylation is 1. The van der Waals surface area contributed by atoms with E-state index in [0.717, 1.165) is 12.0 Å². The van der Waals surface area contributed by atoms with Crippen molar-refractivity contribution in [2.24, 2.45) is 0 Å². The van der Waals surface area contributed by atoms with E-state index in [1.54, 1.807) is 19.2 Å². The quantitative estimate of drug-likeness (QED) is 0.865. The number of rotatable bonds is 3. The highest BCUT2D eigenvalue weighted by atomic mass is 16.5. The fourth-order valence-electron chi connectivity index (χ4n) is 2.70. The molecule has 5 nitrogen and oxygen atoms in total. The van der Waals surface area contributed by atoms with Crippen LogP contribution < -0.4 is 10.1 Å². The van der Waals surface area contributed by atoms with Crippen LogP contribution in [0.1, 0.15) is 30.9 Å². The fraction of sp³-hybridized carbons (Fsp3) is 0.429. The van der Waals surface area contributed by atoms with Crippen molar-refractivity contribution in [3.63, 3.8) is 0 Å². The molecule has 1 aliphatic carbocycles. The summed E-state index contributed by atoms with van der Waals surface area (Å²) in [5.74, 6) is -0.664. The lowest BCUT2D eigenvalue weighted by molar-refractivity contribution is -0.148. The van der Waals surface area contributed by atoms with E-state index in [0.29, 0.717) is 24.2 Å². The second-order valence-electron chi connectivity index (χ2n) is 4.77. The Balaban J connectivity index is 2.54. The van der Waals surface area contributed by atoms with Crippen molar-refractivity contribution in [2.75, 3.05) is 7.11 Å². The molecule has 0 saturated heterocycles. The van der Waals surface area contributed by atoms with Crippen LogP contribution in [0.25, 0.3) is 0 Å². The smallest absolute Gasteiger partial charge is 0.334 e. The van der Waals surface area contributed by atoms with Gasteiger partial charge in [0.1, 0.15) is 5.75 Å². The second kappa shape index (κ2) is 4.91. The normalized spacial score (nSPS) is 21.4. The van der Waals surface area contributed by atoms with Crippen molar-refractivity contribution in [1.29, 1.82) is 0 Å². The van der Waals surface area contributed by atoms with Gasteiger partial charge >= 0.3 is 5.97 Å². The third-order valence-electron chi connectivity index (χ3n) is 3.52. The first-order valence-electron chi connectivity index (χ1n) is 6.19. The molecule has 0 heterocycles. The van der Waals surface area contributed by atoms with Crippen LogP contribution in [0.5, 0.6) is 5.75 Å². The molecule has 1 aromatic carbocycles. The zero-order valence-electron chi connectivity index (χ0n) is 11.0. The van der Waals surface area contributed by atoms with Crippen LogP contribution in [0.2, 0.25) is 0 Å². The summed E-state index contributed by atoms with van der Waals surface area (Å²) in [6.45, 7) is 1.34. The largest absolute Gasteiger partial charge is 0.497 e. The van der Waals surface area contributed by atoms with Gasteiger partial charge < -0.3 is 15.2 Å². The number of carbonyl (C=O) groups excluding carboxylic acids is 1. The predicted octanol–water partition coefficient (Wildman–Crippen LogP) is 1.45. The summed E-state index contributed by atoms with van der Waals surface area (Å²) in [6, 6.07) is 5.30. The monoisotopic (exact) mass is 263 g/mol. The first-order chi connectivity index (χ1) is 8.99. The van der Waals surface area contributed by atoms with Gasteiger partial charge in [0, 0.05) is 6.92 Å². The van der Waals surface area contributed by atoms with Gasteiger partial charge in [0.2, 0.25) is 5.91 Å². The van der Waals surface area contributed by atoms with Crippen molar-refractivity contribution in [3.8, 4) is 5.75 Å². The van der Waals surface area contributed by atoms with Crippen LogP contribution in [-0.2, 0) is 21.5 Å². The average Bonchev–Trinajstić information content (AvgIpc) is 2.37. The highest BCUT2D eigenvalue weighted by Crippen LogP contribution is 2.37. The molecule has 0 saturated carbocycles. The number of aliphatic carboxylic acids is 1. The molecule has 0 fully saturated rings. The van der Waals surface area contributed by atoms with Crippen LogP contribution in [0.15, 0.2) is 18.2 Å². The van der Waals surface area contributed by atoms with E-state index < -0.39 is 11.5 Å². The molecule has 0 aromatic heterocycles. The van der Waals surface area contributed by atoms with Crippen LogP contribution in [0, 0.1) is 0 Å². The van der Waals surface area contributed by atoms with Gasteiger partial charge in [-0.15, -0.1) is 0 Å². The minimum atomic E-state index is -1.31. The molecule has 0 bridgehead atoms. The number of carboxylic acid groups (broad SMARTS) is 1. The zero-order chi connectivity index (χ0) is 14.0. The molecular formula is C14H17NO4. The molecule has 2 rings (SSSR count). The SMILES string of the molecule is COc1ccc2c(c1)CCCC2(NC(C)=O)C(=O)O. The maximum atomic E-state index is 11.7. The van der Waals surface area contributed by atoms with E-state index >= 15 is 0 Å². The van der Waals surface area contributed by atoms with E-state index in [1.165, 1.54) is 6.92 Å². The molecule has 1 unspecified atom stereocenters.